The van der Waals surface area contributed by atoms with Gasteiger partial charge in [0.05, 0.1) is 5.56 Å². The number of hydrogen-bond donors (Lipinski definition) is 2. The third-order valence-corrected chi connectivity index (χ3v) is 1.39. The molecule has 1 rings (SSSR count). The standard InChI is InChI=1S/C6H10N2O2/c1-4-5(2-3-7)6(9)8-10-4/h2-3,7H2,1H3,(H,8,9). The van der Waals surface area contributed by atoms with E-state index in [0.29, 0.717) is 24.3 Å². The highest BCUT2D eigenvalue weighted by Gasteiger charge is 2.05. The molecule has 1 heterocycles. The zero-order chi connectivity index (χ0) is 7.56. The van der Waals surface area contributed by atoms with Crippen LogP contribution >= 0.6 is 0 Å². The van der Waals surface area contributed by atoms with Crippen molar-refractivity contribution < 1.29 is 4.52 Å². The Kier molecular flexibility index (Phi) is 1.91. The highest BCUT2D eigenvalue weighted by molar-refractivity contribution is 5.11. The molecule has 0 unspecified atom stereocenters. The molecule has 0 atom stereocenters. The van der Waals surface area contributed by atoms with Crippen molar-refractivity contribution in [2.24, 2.45) is 5.73 Å². The van der Waals surface area contributed by atoms with E-state index in [4.69, 9.17) is 10.3 Å². The van der Waals surface area contributed by atoms with Gasteiger partial charge in [-0.15, -0.1) is 0 Å². The summed E-state index contributed by atoms with van der Waals surface area (Å²) in [4.78, 5) is 10.8. The third kappa shape index (κ3) is 1.11. The zero-order valence-corrected chi connectivity index (χ0v) is 5.81. The van der Waals surface area contributed by atoms with E-state index in [2.05, 4.69) is 5.16 Å². The molecule has 0 bridgehead atoms. The Balaban J connectivity index is 2.99. The summed E-state index contributed by atoms with van der Waals surface area (Å²) in [6.45, 7) is 2.21. The first-order valence-corrected chi connectivity index (χ1v) is 3.12. The molecule has 0 radical (unpaired) electrons. The number of aromatic nitrogens is 1. The average molecular weight is 142 g/mol. The summed E-state index contributed by atoms with van der Waals surface area (Å²) in [5.74, 6) is 0.635. The largest absolute Gasteiger partial charge is 0.384 e. The first-order valence-electron chi connectivity index (χ1n) is 3.12. The fourth-order valence-electron chi connectivity index (χ4n) is 0.840. The molecule has 0 amide bonds. The van der Waals surface area contributed by atoms with Crippen LogP contribution in [0.1, 0.15) is 11.3 Å². The minimum Gasteiger partial charge on any atom is -0.384 e. The Hall–Kier alpha value is -1.03. The van der Waals surface area contributed by atoms with Crippen LogP contribution in [0.5, 0.6) is 0 Å². The molecule has 1 aromatic heterocycles. The van der Waals surface area contributed by atoms with Crippen LogP contribution in [0.3, 0.4) is 0 Å². The van der Waals surface area contributed by atoms with Gasteiger partial charge in [0.1, 0.15) is 5.76 Å². The van der Waals surface area contributed by atoms with Crippen LogP contribution in [0.15, 0.2) is 9.32 Å². The lowest BCUT2D eigenvalue weighted by Crippen LogP contribution is -2.12. The van der Waals surface area contributed by atoms with E-state index in [9.17, 15) is 4.79 Å². The number of aryl methyl sites for hydroxylation is 1. The van der Waals surface area contributed by atoms with Gasteiger partial charge in [-0.25, -0.2) is 0 Å². The van der Waals surface area contributed by atoms with Crippen LogP contribution in [-0.2, 0) is 6.42 Å². The van der Waals surface area contributed by atoms with Crippen LogP contribution in [-0.4, -0.2) is 11.7 Å². The smallest absolute Gasteiger partial charge is 0.283 e. The van der Waals surface area contributed by atoms with E-state index in [1.807, 2.05) is 0 Å². The van der Waals surface area contributed by atoms with Gasteiger partial charge in [-0.05, 0) is 19.9 Å². The first-order chi connectivity index (χ1) is 4.75. The van der Waals surface area contributed by atoms with E-state index in [1.165, 1.54) is 0 Å². The molecule has 4 nitrogen and oxygen atoms in total. The summed E-state index contributed by atoms with van der Waals surface area (Å²) in [6, 6.07) is 0. The van der Waals surface area contributed by atoms with Gasteiger partial charge < -0.3 is 10.3 Å². The minimum atomic E-state index is -0.164. The second-order valence-corrected chi connectivity index (χ2v) is 2.11. The second kappa shape index (κ2) is 2.70. The topological polar surface area (TPSA) is 72.0 Å². The Labute approximate surface area is 58.0 Å². The number of H-pyrrole nitrogens is 1. The van der Waals surface area contributed by atoms with E-state index >= 15 is 0 Å². The van der Waals surface area contributed by atoms with Gasteiger partial charge in [0.15, 0.2) is 0 Å². The normalized spacial score (nSPS) is 10.2. The van der Waals surface area contributed by atoms with Crippen molar-refractivity contribution in [3.05, 3.63) is 21.7 Å². The SMILES string of the molecule is Cc1o[nH]c(=O)c1CCN. The fourth-order valence-corrected chi connectivity index (χ4v) is 0.840. The van der Waals surface area contributed by atoms with Crippen molar-refractivity contribution in [2.45, 2.75) is 13.3 Å². The molecule has 0 aliphatic carbocycles. The van der Waals surface area contributed by atoms with Gasteiger partial charge in [0, 0.05) is 0 Å². The molecule has 4 heteroatoms. The van der Waals surface area contributed by atoms with Crippen LogP contribution in [0.25, 0.3) is 0 Å². The van der Waals surface area contributed by atoms with Crippen LogP contribution in [0.2, 0.25) is 0 Å². The molecule has 0 aliphatic heterocycles. The Bertz CT molecular complexity index is 261. The summed E-state index contributed by atoms with van der Waals surface area (Å²) in [5.41, 5.74) is 5.75. The molecule has 0 spiro atoms. The van der Waals surface area contributed by atoms with Gasteiger partial charge in [-0.1, -0.05) is 0 Å². The molecular formula is C6H10N2O2. The minimum absolute atomic E-state index is 0.164. The molecule has 0 aliphatic rings. The molecule has 3 N–H and O–H groups in total. The van der Waals surface area contributed by atoms with E-state index in [1.54, 1.807) is 6.92 Å². The Morgan fingerprint density at radius 1 is 1.70 bits per heavy atom. The summed E-state index contributed by atoms with van der Waals surface area (Å²) in [6.07, 6.45) is 0.581. The highest BCUT2D eigenvalue weighted by atomic mass is 16.5. The Morgan fingerprint density at radius 2 is 2.40 bits per heavy atom. The van der Waals surface area contributed by atoms with Crippen LogP contribution < -0.4 is 11.3 Å². The predicted molar refractivity (Wildman–Crippen MR) is 36.8 cm³/mol. The van der Waals surface area contributed by atoms with Crippen molar-refractivity contribution in [3.8, 4) is 0 Å². The van der Waals surface area contributed by atoms with Crippen molar-refractivity contribution in [3.63, 3.8) is 0 Å². The number of rotatable bonds is 2. The molecule has 0 aromatic carbocycles. The maximum absolute atomic E-state index is 10.8. The number of aromatic amines is 1. The molecular weight excluding hydrogens is 132 g/mol. The lowest BCUT2D eigenvalue weighted by atomic mass is 10.2. The maximum Gasteiger partial charge on any atom is 0.283 e. The third-order valence-electron chi connectivity index (χ3n) is 1.39. The molecule has 0 fully saturated rings. The van der Waals surface area contributed by atoms with Gasteiger partial charge >= 0.3 is 0 Å². The molecule has 0 saturated carbocycles. The van der Waals surface area contributed by atoms with E-state index in [0.717, 1.165) is 0 Å². The lowest BCUT2D eigenvalue weighted by molar-refractivity contribution is 0.391. The van der Waals surface area contributed by atoms with Gasteiger partial charge in [0.25, 0.3) is 5.56 Å². The predicted octanol–water partition coefficient (Wildman–Crippen LogP) is -0.222. The number of hydrogen-bond acceptors (Lipinski definition) is 3. The second-order valence-electron chi connectivity index (χ2n) is 2.11. The van der Waals surface area contributed by atoms with Crippen molar-refractivity contribution >= 4 is 0 Å². The van der Waals surface area contributed by atoms with Crippen molar-refractivity contribution in [1.29, 1.82) is 0 Å². The van der Waals surface area contributed by atoms with Crippen molar-refractivity contribution in [1.82, 2.24) is 5.16 Å². The molecule has 1 aromatic rings. The zero-order valence-electron chi connectivity index (χ0n) is 5.81. The summed E-state index contributed by atoms with van der Waals surface area (Å²) >= 11 is 0. The van der Waals surface area contributed by atoms with Crippen molar-refractivity contribution in [2.75, 3.05) is 6.54 Å². The van der Waals surface area contributed by atoms with Crippen LogP contribution in [0, 0.1) is 6.92 Å². The highest BCUT2D eigenvalue weighted by Crippen LogP contribution is 1.99. The fraction of sp³-hybridized carbons (Fsp3) is 0.500. The summed E-state index contributed by atoms with van der Waals surface area (Å²) < 4.78 is 4.75. The average Bonchev–Trinajstić information content (AvgIpc) is 2.20. The molecule has 56 valence electrons. The number of nitrogens with two attached hydrogens (primary N) is 1. The van der Waals surface area contributed by atoms with Gasteiger partial charge in [0.2, 0.25) is 0 Å². The van der Waals surface area contributed by atoms with Crippen LogP contribution in [0.4, 0.5) is 0 Å². The summed E-state index contributed by atoms with van der Waals surface area (Å²) in [7, 11) is 0. The number of nitrogens with one attached hydrogen (secondary N) is 1. The first kappa shape index (κ1) is 7.08. The quantitative estimate of drug-likeness (QED) is 0.599. The molecule has 0 saturated heterocycles. The van der Waals surface area contributed by atoms with E-state index < -0.39 is 0 Å². The Morgan fingerprint density at radius 3 is 2.80 bits per heavy atom. The van der Waals surface area contributed by atoms with Gasteiger partial charge in [-0.2, -0.15) is 5.16 Å². The van der Waals surface area contributed by atoms with Gasteiger partial charge in [-0.3, -0.25) is 4.79 Å². The molecule has 10 heavy (non-hydrogen) atoms. The maximum atomic E-state index is 10.8. The van der Waals surface area contributed by atoms with E-state index in [-0.39, 0.29) is 5.56 Å². The summed E-state index contributed by atoms with van der Waals surface area (Å²) in [5, 5.41) is 2.24. The lowest BCUT2D eigenvalue weighted by Gasteiger charge is -1.88. The monoisotopic (exact) mass is 142 g/mol.